The zero-order valence-electron chi connectivity index (χ0n) is 10.8. The Morgan fingerprint density at radius 3 is 2.25 bits per heavy atom. The third-order valence-electron chi connectivity index (χ3n) is 1.89. The third kappa shape index (κ3) is 6.83. The molecule has 0 atom stereocenters. The van der Waals surface area contributed by atoms with Gasteiger partial charge in [-0.1, -0.05) is 80.1 Å². The van der Waals surface area contributed by atoms with Gasteiger partial charge in [-0.05, 0) is 19.4 Å². The van der Waals surface area contributed by atoms with Crippen molar-refractivity contribution in [2.24, 2.45) is 0 Å². The first-order valence-corrected chi connectivity index (χ1v) is 5.85. The molecule has 0 amide bonds. The maximum atomic E-state index is 2.12. The zero-order valence-corrected chi connectivity index (χ0v) is 10.8. The molecule has 0 aromatic heterocycles. The van der Waals surface area contributed by atoms with E-state index in [-0.39, 0.29) is 0 Å². The van der Waals surface area contributed by atoms with E-state index in [2.05, 4.69) is 37.3 Å². The van der Waals surface area contributed by atoms with Crippen LogP contribution < -0.4 is 0 Å². The molecule has 0 heteroatoms. The van der Waals surface area contributed by atoms with E-state index in [1.165, 1.54) is 11.1 Å². The number of benzene rings is 1. The number of hydrogen-bond acceptors (Lipinski definition) is 0. The van der Waals surface area contributed by atoms with E-state index in [1.54, 1.807) is 0 Å². The van der Waals surface area contributed by atoms with E-state index in [1.807, 2.05) is 51.1 Å². The molecule has 1 rings (SSSR count). The summed E-state index contributed by atoms with van der Waals surface area (Å²) < 4.78 is 0. The second kappa shape index (κ2) is 9.97. The summed E-state index contributed by atoms with van der Waals surface area (Å²) in [5.41, 5.74) is 2.49. The van der Waals surface area contributed by atoms with Gasteiger partial charge < -0.3 is 0 Å². The number of hydrogen-bond donors (Lipinski definition) is 0. The zero-order chi connectivity index (χ0) is 12.2. The van der Waals surface area contributed by atoms with Crippen LogP contribution in [0.25, 0.3) is 6.08 Å². The van der Waals surface area contributed by atoms with Crippen LogP contribution in [0.15, 0.2) is 60.2 Å². The Labute approximate surface area is 100 Å². The molecule has 0 spiro atoms. The van der Waals surface area contributed by atoms with E-state index < -0.39 is 0 Å². The standard InChI is InChI=1S/C14H16.C2H6/c1-3-4-8-13(2)11-12-14-9-6-5-7-10-14;1-2/h3-12H,1-2H3;1-2H3/b4-3-,12-11+,13-8-;. The third-order valence-corrected chi connectivity index (χ3v) is 1.89. The quantitative estimate of drug-likeness (QED) is 0.603. The molecule has 0 radical (unpaired) electrons. The Balaban J connectivity index is 0.00000106. The van der Waals surface area contributed by atoms with Crippen LogP contribution in [0.3, 0.4) is 0 Å². The molecule has 16 heavy (non-hydrogen) atoms. The Kier molecular flexibility index (Phi) is 9.00. The Bertz CT molecular complexity index is 340. The van der Waals surface area contributed by atoms with Crippen molar-refractivity contribution in [2.45, 2.75) is 27.7 Å². The summed E-state index contributed by atoms with van der Waals surface area (Å²) >= 11 is 0. The van der Waals surface area contributed by atoms with Gasteiger partial charge in [-0.15, -0.1) is 0 Å². The SMILES string of the molecule is CC.C\C=C/C=C(C)\C=C\c1ccccc1. The van der Waals surface area contributed by atoms with Gasteiger partial charge >= 0.3 is 0 Å². The first-order chi connectivity index (χ1) is 7.83. The van der Waals surface area contributed by atoms with Crippen molar-refractivity contribution in [2.75, 3.05) is 0 Å². The van der Waals surface area contributed by atoms with Gasteiger partial charge in [0.05, 0.1) is 0 Å². The lowest BCUT2D eigenvalue weighted by molar-refractivity contribution is 1.50. The van der Waals surface area contributed by atoms with Gasteiger partial charge in [0.15, 0.2) is 0 Å². The molecular weight excluding hydrogens is 192 g/mol. The maximum absolute atomic E-state index is 2.12. The minimum absolute atomic E-state index is 1.24. The van der Waals surface area contributed by atoms with Crippen molar-refractivity contribution in [3.63, 3.8) is 0 Å². The minimum atomic E-state index is 1.24. The molecule has 0 aliphatic rings. The smallest absolute Gasteiger partial charge is 0.0257 e. The molecule has 0 aliphatic carbocycles. The number of allylic oxidation sites excluding steroid dienone is 5. The fourth-order valence-electron chi connectivity index (χ4n) is 1.10. The highest BCUT2D eigenvalue weighted by Crippen LogP contribution is 2.04. The van der Waals surface area contributed by atoms with Crippen molar-refractivity contribution < 1.29 is 0 Å². The lowest BCUT2D eigenvalue weighted by Gasteiger charge is -1.91. The molecule has 0 aliphatic heterocycles. The van der Waals surface area contributed by atoms with E-state index in [9.17, 15) is 0 Å². The van der Waals surface area contributed by atoms with E-state index in [0.717, 1.165) is 0 Å². The van der Waals surface area contributed by atoms with Gasteiger partial charge in [-0.25, -0.2) is 0 Å². The van der Waals surface area contributed by atoms with Crippen molar-refractivity contribution in [3.8, 4) is 0 Å². The van der Waals surface area contributed by atoms with Crippen LogP contribution in [-0.2, 0) is 0 Å². The summed E-state index contributed by atoms with van der Waals surface area (Å²) in [6.45, 7) is 8.12. The van der Waals surface area contributed by atoms with Crippen LogP contribution >= 0.6 is 0 Å². The predicted octanol–water partition coefficient (Wildman–Crippen LogP) is 5.25. The highest BCUT2D eigenvalue weighted by atomic mass is 13.9. The van der Waals surface area contributed by atoms with Gasteiger partial charge in [0.1, 0.15) is 0 Å². The molecule has 1 aromatic carbocycles. The summed E-state index contributed by atoms with van der Waals surface area (Å²) in [5, 5.41) is 0. The van der Waals surface area contributed by atoms with Crippen LogP contribution in [0.4, 0.5) is 0 Å². The summed E-state index contributed by atoms with van der Waals surface area (Å²) in [4.78, 5) is 0. The largest absolute Gasteiger partial charge is 0.0877 e. The lowest BCUT2D eigenvalue weighted by Crippen LogP contribution is -1.70. The second-order valence-electron chi connectivity index (χ2n) is 3.18. The molecular formula is C16H22. The molecule has 0 N–H and O–H groups in total. The Hall–Kier alpha value is -1.56. The average molecular weight is 214 g/mol. The van der Waals surface area contributed by atoms with Crippen LogP contribution in [0.5, 0.6) is 0 Å². The molecule has 0 fully saturated rings. The topological polar surface area (TPSA) is 0 Å². The summed E-state index contributed by atoms with van der Waals surface area (Å²) in [6.07, 6.45) is 10.4. The molecule has 0 heterocycles. The minimum Gasteiger partial charge on any atom is -0.0877 e. The van der Waals surface area contributed by atoms with Crippen LogP contribution in [0.2, 0.25) is 0 Å². The first kappa shape index (κ1) is 14.4. The van der Waals surface area contributed by atoms with Gasteiger partial charge in [0, 0.05) is 0 Å². The molecule has 0 bridgehead atoms. The average Bonchev–Trinajstić information content (AvgIpc) is 2.37. The highest BCUT2D eigenvalue weighted by molar-refractivity contribution is 5.52. The first-order valence-electron chi connectivity index (χ1n) is 5.85. The highest BCUT2D eigenvalue weighted by Gasteiger charge is 1.82. The Morgan fingerprint density at radius 1 is 1.06 bits per heavy atom. The van der Waals surface area contributed by atoms with Gasteiger partial charge in [0.25, 0.3) is 0 Å². The Morgan fingerprint density at radius 2 is 1.69 bits per heavy atom. The number of rotatable bonds is 3. The summed E-state index contributed by atoms with van der Waals surface area (Å²) in [5.74, 6) is 0. The van der Waals surface area contributed by atoms with Crippen molar-refractivity contribution in [1.82, 2.24) is 0 Å². The maximum Gasteiger partial charge on any atom is -0.0257 e. The van der Waals surface area contributed by atoms with Gasteiger partial charge in [0.2, 0.25) is 0 Å². The van der Waals surface area contributed by atoms with Crippen molar-refractivity contribution in [3.05, 3.63) is 65.8 Å². The van der Waals surface area contributed by atoms with Crippen LogP contribution in [-0.4, -0.2) is 0 Å². The van der Waals surface area contributed by atoms with Gasteiger partial charge in [-0.2, -0.15) is 0 Å². The second-order valence-corrected chi connectivity index (χ2v) is 3.18. The molecule has 0 saturated carbocycles. The molecule has 1 aromatic rings. The van der Waals surface area contributed by atoms with E-state index >= 15 is 0 Å². The van der Waals surface area contributed by atoms with Gasteiger partial charge in [-0.3, -0.25) is 0 Å². The fourth-order valence-corrected chi connectivity index (χ4v) is 1.10. The van der Waals surface area contributed by atoms with Crippen molar-refractivity contribution >= 4 is 6.08 Å². The monoisotopic (exact) mass is 214 g/mol. The van der Waals surface area contributed by atoms with Crippen molar-refractivity contribution in [1.29, 1.82) is 0 Å². The molecule has 0 saturated heterocycles. The fraction of sp³-hybridized carbons (Fsp3) is 0.250. The molecule has 0 unspecified atom stereocenters. The summed E-state index contributed by atoms with van der Waals surface area (Å²) in [7, 11) is 0. The van der Waals surface area contributed by atoms with E-state index in [0.29, 0.717) is 0 Å². The lowest BCUT2D eigenvalue weighted by atomic mass is 10.1. The van der Waals surface area contributed by atoms with Crippen LogP contribution in [0.1, 0.15) is 33.3 Å². The van der Waals surface area contributed by atoms with E-state index in [4.69, 9.17) is 0 Å². The normalized spacial score (nSPS) is 11.6. The van der Waals surface area contributed by atoms with Crippen LogP contribution in [0, 0.1) is 0 Å². The predicted molar refractivity (Wildman–Crippen MR) is 75.4 cm³/mol. The summed E-state index contributed by atoms with van der Waals surface area (Å²) in [6, 6.07) is 10.3. The molecule has 86 valence electrons. The molecule has 0 nitrogen and oxygen atoms in total.